The monoisotopic (exact) mass is 343 g/mol. The molecule has 2 amide bonds. The lowest BCUT2D eigenvalue weighted by Crippen LogP contribution is -2.47. The summed E-state index contributed by atoms with van der Waals surface area (Å²) in [5, 5.41) is 2.80. The maximum Gasteiger partial charge on any atom is 0.242 e. The van der Waals surface area contributed by atoms with Gasteiger partial charge in [0.25, 0.3) is 0 Å². The van der Waals surface area contributed by atoms with E-state index >= 15 is 0 Å². The zero-order valence-electron chi connectivity index (χ0n) is 14.4. The Labute approximate surface area is 146 Å². The molecule has 1 aromatic heterocycles. The van der Waals surface area contributed by atoms with Gasteiger partial charge in [-0.1, -0.05) is 25.1 Å². The molecule has 1 unspecified atom stereocenters. The molecule has 6 heteroatoms. The number of carbonyl (C=O) groups excluding carboxylic acids is 2. The van der Waals surface area contributed by atoms with Crippen LogP contribution in [0.1, 0.15) is 31.5 Å². The SMILES string of the molecule is CCC(=O)N(Cc1ccc(F)cc1)C(C)C(=O)NCc1ccccn1. The van der Waals surface area contributed by atoms with Crippen molar-refractivity contribution in [3.05, 3.63) is 65.7 Å². The molecule has 0 spiro atoms. The highest BCUT2D eigenvalue weighted by Crippen LogP contribution is 2.12. The second-order valence-corrected chi connectivity index (χ2v) is 5.72. The number of hydrogen-bond donors (Lipinski definition) is 1. The van der Waals surface area contributed by atoms with Crippen LogP contribution in [0.25, 0.3) is 0 Å². The Kier molecular flexibility index (Phi) is 6.62. The Morgan fingerprint density at radius 2 is 1.92 bits per heavy atom. The van der Waals surface area contributed by atoms with Crippen LogP contribution < -0.4 is 5.32 Å². The topological polar surface area (TPSA) is 62.3 Å². The number of nitrogens with zero attached hydrogens (tertiary/aromatic N) is 2. The van der Waals surface area contributed by atoms with Crippen molar-refractivity contribution < 1.29 is 14.0 Å². The van der Waals surface area contributed by atoms with Crippen LogP contribution in [0, 0.1) is 5.82 Å². The lowest BCUT2D eigenvalue weighted by atomic mass is 10.1. The fraction of sp³-hybridized carbons (Fsp3) is 0.316. The summed E-state index contributed by atoms with van der Waals surface area (Å²) in [5.74, 6) is -0.724. The summed E-state index contributed by atoms with van der Waals surface area (Å²) in [6.07, 6.45) is 1.95. The molecular weight excluding hydrogens is 321 g/mol. The van der Waals surface area contributed by atoms with Crippen LogP contribution in [0.4, 0.5) is 4.39 Å². The molecule has 2 rings (SSSR count). The predicted octanol–water partition coefficient (Wildman–Crippen LogP) is 2.66. The molecule has 0 saturated carbocycles. The number of carbonyl (C=O) groups is 2. The van der Waals surface area contributed by atoms with Gasteiger partial charge in [-0.3, -0.25) is 14.6 Å². The number of nitrogens with one attached hydrogen (secondary N) is 1. The highest BCUT2D eigenvalue weighted by Gasteiger charge is 2.25. The van der Waals surface area contributed by atoms with E-state index in [4.69, 9.17) is 0 Å². The Hall–Kier alpha value is -2.76. The molecule has 0 aliphatic heterocycles. The van der Waals surface area contributed by atoms with Gasteiger partial charge in [0, 0.05) is 19.2 Å². The van der Waals surface area contributed by atoms with Crippen LogP contribution in [0.2, 0.25) is 0 Å². The average Bonchev–Trinajstić information content (AvgIpc) is 2.65. The van der Waals surface area contributed by atoms with E-state index in [0.29, 0.717) is 13.0 Å². The highest BCUT2D eigenvalue weighted by atomic mass is 19.1. The van der Waals surface area contributed by atoms with E-state index in [1.54, 1.807) is 38.2 Å². The van der Waals surface area contributed by atoms with Crippen LogP contribution in [-0.4, -0.2) is 27.7 Å². The first-order valence-corrected chi connectivity index (χ1v) is 8.22. The number of rotatable bonds is 7. The fourth-order valence-electron chi connectivity index (χ4n) is 2.40. The lowest BCUT2D eigenvalue weighted by molar-refractivity contribution is -0.140. The molecule has 132 valence electrons. The van der Waals surface area contributed by atoms with Gasteiger partial charge < -0.3 is 10.2 Å². The van der Waals surface area contributed by atoms with E-state index in [0.717, 1.165) is 11.3 Å². The Morgan fingerprint density at radius 3 is 2.52 bits per heavy atom. The average molecular weight is 343 g/mol. The molecule has 0 saturated heterocycles. The number of pyridine rings is 1. The largest absolute Gasteiger partial charge is 0.349 e. The summed E-state index contributed by atoms with van der Waals surface area (Å²) < 4.78 is 13.0. The van der Waals surface area contributed by atoms with Crippen LogP contribution in [0.5, 0.6) is 0 Å². The number of aromatic nitrogens is 1. The Bertz CT molecular complexity index is 704. The van der Waals surface area contributed by atoms with Gasteiger partial charge in [-0.15, -0.1) is 0 Å². The third-order valence-corrected chi connectivity index (χ3v) is 3.91. The van der Waals surface area contributed by atoms with Crippen LogP contribution in [0.3, 0.4) is 0 Å². The second-order valence-electron chi connectivity index (χ2n) is 5.72. The fourth-order valence-corrected chi connectivity index (χ4v) is 2.40. The maximum absolute atomic E-state index is 13.0. The minimum absolute atomic E-state index is 0.134. The molecule has 0 radical (unpaired) electrons. The lowest BCUT2D eigenvalue weighted by Gasteiger charge is -2.28. The van der Waals surface area contributed by atoms with Crippen molar-refractivity contribution in [3.8, 4) is 0 Å². The first-order valence-electron chi connectivity index (χ1n) is 8.22. The summed E-state index contributed by atoms with van der Waals surface area (Å²) in [6.45, 7) is 3.99. The van der Waals surface area contributed by atoms with Crippen LogP contribution >= 0.6 is 0 Å². The molecule has 1 aromatic carbocycles. The van der Waals surface area contributed by atoms with E-state index in [1.807, 2.05) is 12.1 Å². The molecule has 0 fully saturated rings. The molecule has 0 bridgehead atoms. The van der Waals surface area contributed by atoms with Crippen molar-refractivity contribution in [1.82, 2.24) is 15.2 Å². The minimum Gasteiger partial charge on any atom is -0.349 e. The summed E-state index contributed by atoms with van der Waals surface area (Å²) >= 11 is 0. The predicted molar refractivity (Wildman–Crippen MR) is 92.8 cm³/mol. The molecule has 1 N–H and O–H groups in total. The second kappa shape index (κ2) is 8.92. The molecule has 5 nitrogen and oxygen atoms in total. The van der Waals surface area contributed by atoms with E-state index in [-0.39, 0.29) is 24.2 Å². The van der Waals surface area contributed by atoms with Crippen molar-refractivity contribution in [2.24, 2.45) is 0 Å². The van der Waals surface area contributed by atoms with E-state index in [9.17, 15) is 14.0 Å². The third kappa shape index (κ3) is 5.38. The maximum atomic E-state index is 13.0. The normalized spacial score (nSPS) is 11.6. The zero-order valence-corrected chi connectivity index (χ0v) is 14.4. The van der Waals surface area contributed by atoms with Gasteiger partial charge >= 0.3 is 0 Å². The van der Waals surface area contributed by atoms with Crippen molar-refractivity contribution in [1.29, 1.82) is 0 Å². The summed E-state index contributed by atoms with van der Waals surface area (Å²) in [5.41, 5.74) is 1.52. The summed E-state index contributed by atoms with van der Waals surface area (Å²) in [6, 6.07) is 10.7. The molecule has 0 aliphatic rings. The molecule has 0 aliphatic carbocycles. The number of benzene rings is 1. The van der Waals surface area contributed by atoms with Gasteiger partial charge in [-0.25, -0.2) is 4.39 Å². The summed E-state index contributed by atoms with van der Waals surface area (Å²) in [7, 11) is 0. The van der Waals surface area contributed by atoms with Gasteiger partial charge in [0.15, 0.2) is 0 Å². The van der Waals surface area contributed by atoms with Crippen LogP contribution in [-0.2, 0) is 22.7 Å². The molecular formula is C19H22FN3O2. The van der Waals surface area contributed by atoms with E-state index < -0.39 is 6.04 Å². The quantitative estimate of drug-likeness (QED) is 0.841. The number of amides is 2. The van der Waals surface area contributed by atoms with Gasteiger partial charge in [0.05, 0.1) is 12.2 Å². The van der Waals surface area contributed by atoms with Gasteiger partial charge in [-0.05, 0) is 36.8 Å². The van der Waals surface area contributed by atoms with Crippen molar-refractivity contribution in [3.63, 3.8) is 0 Å². The van der Waals surface area contributed by atoms with Crippen molar-refractivity contribution >= 4 is 11.8 Å². The first-order chi connectivity index (χ1) is 12.0. The first kappa shape index (κ1) is 18.6. The van der Waals surface area contributed by atoms with Gasteiger partial charge in [0.2, 0.25) is 11.8 Å². The molecule has 1 heterocycles. The van der Waals surface area contributed by atoms with E-state index in [1.165, 1.54) is 17.0 Å². The smallest absolute Gasteiger partial charge is 0.242 e. The Morgan fingerprint density at radius 1 is 1.20 bits per heavy atom. The standard InChI is InChI=1S/C19H22FN3O2/c1-3-18(24)23(13-15-7-9-16(20)10-8-15)14(2)19(25)22-12-17-6-4-5-11-21-17/h4-11,14H,3,12-13H2,1-2H3,(H,22,25). The van der Waals surface area contributed by atoms with Crippen LogP contribution in [0.15, 0.2) is 48.7 Å². The van der Waals surface area contributed by atoms with E-state index in [2.05, 4.69) is 10.3 Å². The van der Waals surface area contributed by atoms with Crippen molar-refractivity contribution in [2.45, 2.75) is 39.4 Å². The molecule has 2 aromatic rings. The summed E-state index contributed by atoms with van der Waals surface area (Å²) in [4.78, 5) is 30.3. The number of halogens is 1. The third-order valence-electron chi connectivity index (χ3n) is 3.91. The van der Waals surface area contributed by atoms with Crippen molar-refractivity contribution in [2.75, 3.05) is 0 Å². The number of hydrogen-bond acceptors (Lipinski definition) is 3. The van der Waals surface area contributed by atoms with Gasteiger partial charge in [-0.2, -0.15) is 0 Å². The zero-order chi connectivity index (χ0) is 18.2. The Balaban J connectivity index is 2.03. The molecule has 25 heavy (non-hydrogen) atoms. The highest BCUT2D eigenvalue weighted by molar-refractivity contribution is 5.87. The van der Waals surface area contributed by atoms with Gasteiger partial charge in [0.1, 0.15) is 11.9 Å². The molecule has 1 atom stereocenters. The minimum atomic E-state index is -0.638.